The minimum atomic E-state index is -1.30. The van der Waals surface area contributed by atoms with Crippen molar-refractivity contribution in [1.29, 1.82) is 0 Å². The highest BCUT2D eigenvalue weighted by atomic mass is 16.6. The average Bonchev–Trinajstić information content (AvgIpc) is 3.67. The first-order valence-corrected chi connectivity index (χ1v) is 14.8. The number of piperidine rings is 2. The lowest BCUT2D eigenvalue weighted by Gasteiger charge is -2.65. The van der Waals surface area contributed by atoms with Gasteiger partial charge in [0.05, 0.1) is 52.6 Å². The van der Waals surface area contributed by atoms with Crippen LogP contribution in [0.15, 0.2) is 42.0 Å². The third kappa shape index (κ3) is 3.13. The molecule has 4 heterocycles. The summed E-state index contributed by atoms with van der Waals surface area (Å²) in [4.78, 5) is 33.1. The molecular weight excluding hydrogens is 568 g/mol. The van der Waals surface area contributed by atoms with E-state index in [9.17, 15) is 9.59 Å². The van der Waals surface area contributed by atoms with Crippen molar-refractivity contribution in [1.82, 2.24) is 4.90 Å². The van der Waals surface area contributed by atoms with Crippen LogP contribution in [0.5, 0.6) is 23.0 Å². The normalized spacial score (nSPS) is 33.2. The second kappa shape index (κ2) is 9.77. The number of methoxy groups -OCH3 is 5. The number of allylic oxidation sites excluding steroid dienone is 1. The van der Waals surface area contributed by atoms with Gasteiger partial charge >= 0.3 is 11.9 Å². The second-order valence-electron chi connectivity index (χ2n) is 12.1. The largest absolute Gasteiger partial charge is 0.497 e. The molecule has 1 spiro atoms. The van der Waals surface area contributed by atoms with Crippen LogP contribution in [0, 0.1) is 11.3 Å². The zero-order valence-corrected chi connectivity index (χ0v) is 26.1. The van der Waals surface area contributed by atoms with Crippen LogP contribution in [-0.4, -0.2) is 90.6 Å². The predicted molar refractivity (Wildman–Crippen MR) is 158 cm³/mol. The molecule has 0 amide bonds. The van der Waals surface area contributed by atoms with E-state index in [2.05, 4.69) is 15.9 Å². The Morgan fingerprint density at radius 3 is 2.36 bits per heavy atom. The monoisotopic (exact) mass is 606 g/mol. The molecule has 11 nitrogen and oxygen atoms in total. The summed E-state index contributed by atoms with van der Waals surface area (Å²) in [5.41, 5.74) is 0.158. The molecule has 3 saturated heterocycles. The highest BCUT2D eigenvalue weighted by Crippen LogP contribution is 2.78. The highest BCUT2D eigenvalue weighted by Gasteiger charge is 2.88. The molecule has 0 radical (unpaired) electrons. The van der Waals surface area contributed by atoms with Gasteiger partial charge in [0.25, 0.3) is 0 Å². The molecule has 1 aliphatic carbocycles. The van der Waals surface area contributed by atoms with E-state index in [1.165, 1.54) is 28.4 Å². The number of ether oxygens (including phenoxy) is 7. The fraction of sp³-hybridized carbons (Fsp3) is 0.515. The number of nitrogens with zero attached hydrogens (tertiary/aromatic N) is 2. The Balaban J connectivity index is 1.42. The number of likely N-dealkylation sites (N-methyl/N-ethyl adjacent to an activating group) is 1. The molecule has 2 aromatic carbocycles. The predicted octanol–water partition coefficient (Wildman–Crippen LogP) is 3.53. The molecule has 5 aliphatic rings. The molecule has 4 aliphatic heterocycles. The Labute approximate surface area is 256 Å². The lowest BCUT2D eigenvalue weighted by atomic mass is 9.42. The van der Waals surface area contributed by atoms with E-state index in [0.29, 0.717) is 42.4 Å². The summed E-state index contributed by atoms with van der Waals surface area (Å²) < 4.78 is 41.1. The summed E-state index contributed by atoms with van der Waals surface area (Å²) >= 11 is 0. The number of benzene rings is 2. The highest BCUT2D eigenvalue weighted by molar-refractivity contribution is 5.92. The van der Waals surface area contributed by atoms with E-state index >= 15 is 0 Å². The summed E-state index contributed by atoms with van der Waals surface area (Å²) in [7, 11) is 9.54. The molecule has 6 atom stereocenters. The number of fused-ring (bicyclic) bond motifs is 4. The number of anilines is 1. The standard InChI is InChI=1S/C33H38N2O9/c1-8-18-16-35-26-14-21(18)31(30(37)42-7,17-43-29(36)19-11-24(39-4)28(41-6)25(12-19)40-5)32-15-27(35)44-33(26,32)34(2)23-10-9-20(38-3)13-22(23)32/h8-13,21,26-27H,14-17H2,1-7H3/b18-8-/t21-,26-,27-,31+,32-,33-/m0/s1. The number of esters is 2. The van der Waals surface area contributed by atoms with E-state index in [1.54, 1.807) is 19.2 Å². The molecule has 0 N–H and O–H groups in total. The minimum Gasteiger partial charge on any atom is -0.497 e. The van der Waals surface area contributed by atoms with Gasteiger partial charge in [-0.25, -0.2) is 4.79 Å². The summed E-state index contributed by atoms with van der Waals surface area (Å²) in [6.07, 6.45) is 3.07. The SMILES string of the molecule is C/C=C1/CN2[C@@H]3C[C@@]45c6cc(OC)ccc6N(C)[C@]4(O3)[C@@H]2C[C@@H]1[C@]5(COC(=O)c1cc(OC)c(OC)c(OC)c1)C(=O)OC. The average molecular weight is 607 g/mol. The maximum Gasteiger partial charge on any atom is 0.338 e. The maximum absolute atomic E-state index is 14.6. The van der Waals surface area contributed by atoms with Gasteiger partial charge in [0.2, 0.25) is 5.75 Å². The summed E-state index contributed by atoms with van der Waals surface area (Å²) in [6, 6.07) is 9.10. The van der Waals surface area contributed by atoms with Crippen molar-refractivity contribution in [2.24, 2.45) is 11.3 Å². The molecule has 0 unspecified atom stereocenters. The summed E-state index contributed by atoms with van der Waals surface area (Å²) in [5.74, 6) is 0.381. The first kappa shape index (κ1) is 28.8. The van der Waals surface area contributed by atoms with E-state index in [-0.39, 0.29) is 30.4 Å². The molecule has 11 heteroatoms. The molecule has 4 bridgehead atoms. The fourth-order valence-electron chi connectivity index (χ4n) is 9.37. The second-order valence-corrected chi connectivity index (χ2v) is 12.1. The Bertz CT molecular complexity index is 1570. The first-order chi connectivity index (χ1) is 21.2. The maximum atomic E-state index is 14.6. The number of carbonyl (C=O) groups excluding carboxylic acids is 2. The summed E-state index contributed by atoms with van der Waals surface area (Å²) in [5, 5.41) is 0. The lowest BCUT2D eigenvalue weighted by Crippen LogP contribution is -2.80. The van der Waals surface area contributed by atoms with Crippen LogP contribution in [0.2, 0.25) is 0 Å². The van der Waals surface area contributed by atoms with E-state index in [1.807, 2.05) is 32.2 Å². The van der Waals surface area contributed by atoms with Gasteiger partial charge in [-0.3, -0.25) is 9.69 Å². The minimum absolute atomic E-state index is 0.0296. The number of rotatable bonds is 8. The van der Waals surface area contributed by atoms with E-state index < -0.39 is 28.5 Å². The van der Waals surface area contributed by atoms with Crippen molar-refractivity contribution in [3.8, 4) is 23.0 Å². The van der Waals surface area contributed by atoms with Crippen LogP contribution in [0.1, 0.15) is 35.7 Å². The molecule has 2 aromatic rings. The third-order valence-electron chi connectivity index (χ3n) is 11.0. The Morgan fingerprint density at radius 1 is 1.02 bits per heavy atom. The molecule has 44 heavy (non-hydrogen) atoms. The van der Waals surface area contributed by atoms with E-state index in [0.717, 1.165) is 16.8 Å². The molecule has 4 fully saturated rings. The van der Waals surface area contributed by atoms with Crippen LogP contribution >= 0.6 is 0 Å². The Morgan fingerprint density at radius 2 is 1.75 bits per heavy atom. The van der Waals surface area contributed by atoms with Crippen LogP contribution in [0.4, 0.5) is 5.69 Å². The fourth-order valence-corrected chi connectivity index (χ4v) is 9.37. The quantitative estimate of drug-likeness (QED) is 0.326. The molecule has 234 valence electrons. The van der Waals surface area contributed by atoms with Gasteiger partial charge in [-0.15, -0.1) is 0 Å². The van der Waals surface area contributed by atoms with Crippen LogP contribution < -0.4 is 23.8 Å². The number of hydrogen-bond acceptors (Lipinski definition) is 11. The molecule has 7 rings (SSSR count). The van der Waals surface area contributed by atoms with Crippen molar-refractivity contribution in [2.45, 2.75) is 43.2 Å². The van der Waals surface area contributed by atoms with Gasteiger partial charge in [0.1, 0.15) is 24.0 Å². The van der Waals surface area contributed by atoms with Gasteiger partial charge < -0.3 is 38.1 Å². The van der Waals surface area contributed by atoms with Crippen LogP contribution in [0.3, 0.4) is 0 Å². The zero-order valence-electron chi connectivity index (χ0n) is 26.1. The first-order valence-electron chi connectivity index (χ1n) is 14.8. The molecule has 1 saturated carbocycles. The zero-order chi connectivity index (χ0) is 31.2. The van der Waals surface area contributed by atoms with Crippen molar-refractivity contribution in [2.75, 3.05) is 60.6 Å². The third-order valence-corrected chi connectivity index (χ3v) is 11.0. The summed E-state index contributed by atoms with van der Waals surface area (Å²) in [6.45, 7) is 2.45. The van der Waals surface area contributed by atoms with Crippen molar-refractivity contribution >= 4 is 17.6 Å². The Kier molecular flexibility index (Phi) is 6.39. The Hall–Kier alpha value is -3.96. The molecule has 0 aromatic heterocycles. The lowest BCUT2D eigenvalue weighted by molar-refractivity contribution is -0.194. The van der Waals surface area contributed by atoms with Crippen molar-refractivity contribution in [3.05, 3.63) is 53.1 Å². The van der Waals surface area contributed by atoms with Gasteiger partial charge in [-0.2, -0.15) is 0 Å². The van der Waals surface area contributed by atoms with Gasteiger partial charge in [-0.1, -0.05) is 11.6 Å². The molecular formula is C33H38N2O9. The van der Waals surface area contributed by atoms with E-state index in [4.69, 9.17) is 33.2 Å². The van der Waals surface area contributed by atoms with Crippen molar-refractivity contribution < 1.29 is 42.7 Å². The van der Waals surface area contributed by atoms with Gasteiger partial charge in [-0.05, 0) is 49.2 Å². The van der Waals surface area contributed by atoms with Crippen LogP contribution in [-0.2, 0) is 24.4 Å². The smallest absolute Gasteiger partial charge is 0.338 e. The van der Waals surface area contributed by atoms with Gasteiger partial charge in [0.15, 0.2) is 17.2 Å². The van der Waals surface area contributed by atoms with Crippen molar-refractivity contribution in [3.63, 3.8) is 0 Å². The van der Waals surface area contributed by atoms with Crippen LogP contribution in [0.25, 0.3) is 0 Å². The van der Waals surface area contributed by atoms with Gasteiger partial charge in [0, 0.05) is 31.6 Å². The topological polar surface area (TPSA) is 105 Å². The number of hydrogen-bond donors (Lipinski definition) is 0. The number of carbonyl (C=O) groups is 2.